The van der Waals surface area contributed by atoms with Gasteiger partial charge in [-0.05, 0) is 18.9 Å². The first kappa shape index (κ1) is 15.1. The second-order valence-electron chi connectivity index (χ2n) is 5.21. The number of rotatable bonds is 4. The van der Waals surface area contributed by atoms with Crippen LogP contribution in [-0.4, -0.2) is 15.0 Å². The van der Waals surface area contributed by atoms with Crippen LogP contribution in [0.2, 0.25) is 0 Å². The maximum absolute atomic E-state index is 4.68. The van der Waals surface area contributed by atoms with Crippen molar-refractivity contribution in [2.75, 3.05) is 0 Å². The second kappa shape index (κ2) is 6.97. The van der Waals surface area contributed by atoms with Crippen LogP contribution in [0.25, 0.3) is 28.3 Å². The van der Waals surface area contributed by atoms with E-state index in [4.69, 9.17) is 0 Å². The molecule has 0 N–H and O–H groups in total. The van der Waals surface area contributed by atoms with Gasteiger partial charge < -0.3 is 0 Å². The van der Waals surface area contributed by atoms with Crippen molar-refractivity contribution in [3.63, 3.8) is 0 Å². The fourth-order valence-electron chi connectivity index (χ4n) is 2.44. The number of allylic oxidation sites excluding steroid dienone is 2. The molecule has 23 heavy (non-hydrogen) atoms. The molecular formula is C20H19N3. The van der Waals surface area contributed by atoms with Crippen LogP contribution in [0.15, 0.2) is 66.7 Å². The lowest BCUT2D eigenvalue weighted by molar-refractivity contribution is 1.01. The highest BCUT2D eigenvalue weighted by molar-refractivity contribution is 5.66. The molecule has 0 unspecified atom stereocenters. The lowest BCUT2D eigenvalue weighted by atomic mass is 10.1. The molecule has 0 atom stereocenters. The molecule has 0 aliphatic rings. The van der Waals surface area contributed by atoms with E-state index in [1.54, 1.807) is 0 Å². The van der Waals surface area contributed by atoms with Gasteiger partial charge in [-0.2, -0.15) is 0 Å². The molecule has 3 nitrogen and oxygen atoms in total. The molecule has 1 heterocycles. The van der Waals surface area contributed by atoms with Gasteiger partial charge in [0.25, 0.3) is 0 Å². The Balaban J connectivity index is 2.19. The molecule has 3 heteroatoms. The number of aromatic nitrogens is 3. The minimum absolute atomic E-state index is 0.710. The van der Waals surface area contributed by atoms with Crippen molar-refractivity contribution in [3.05, 3.63) is 72.6 Å². The maximum Gasteiger partial charge on any atom is 0.164 e. The van der Waals surface area contributed by atoms with Gasteiger partial charge in [-0.15, -0.1) is 0 Å². The van der Waals surface area contributed by atoms with Gasteiger partial charge in [0.05, 0.1) is 0 Å². The maximum atomic E-state index is 4.68. The predicted molar refractivity (Wildman–Crippen MR) is 94.6 cm³/mol. The summed E-state index contributed by atoms with van der Waals surface area (Å²) in [6.45, 7) is 4.14. The monoisotopic (exact) mass is 301 g/mol. The molecule has 0 aliphatic heterocycles. The lowest BCUT2D eigenvalue weighted by Gasteiger charge is -2.09. The SMILES string of the molecule is C/C=C(\CC)c1nc(-c2ccccc2)nc(-c2ccccc2)n1. The molecule has 0 fully saturated rings. The first-order chi connectivity index (χ1) is 11.3. The number of hydrogen-bond acceptors (Lipinski definition) is 3. The normalized spacial score (nSPS) is 11.5. The number of benzene rings is 2. The molecule has 0 amide bonds. The van der Waals surface area contributed by atoms with E-state index in [1.165, 1.54) is 0 Å². The summed E-state index contributed by atoms with van der Waals surface area (Å²) in [5.74, 6) is 2.17. The fourth-order valence-corrected chi connectivity index (χ4v) is 2.44. The third kappa shape index (κ3) is 3.34. The van der Waals surface area contributed by atoms with Gasteiger partial charge in [0.2, 0.25) is 0 Å². The van der Waals surface area contributed by atoms with Crippen LogP contribution in [0.3, 0.4) is 0 Å². The van der Waals surface area contributed by atoms with Crippen LogP contribution in [0.4, 0.5) is 0 Å². The van der Waals surface area contributed by atoms with Crippen molar-refractivity contribution in [1.82, 2.24) is 15.0 Å². The van der Waals surface area contributed by atoms with E-state index >= 15 is 0 Å². The van der Waals surface area contributed by atoms with Gasteiger partial charge in [-0.25, -0.2) is 15.0 Å². The van der Waals surface area contributed by atoms with Gasteiger partial charge in [0.1, 0.15) is 0 Å². The van der Waals surface area contributed by atoms with Gasteiger partial charge >= 0.3 is 0 Å². The van der Waals surface area contributed by atoms with Crippen molar-refractivity contribution >= 4 is 5.57 Å². The first-order valence-electron chi connectivity index (χ1n) is 7.84. The Labute approximate surface area is 136 Å². The molecule has 0 spiro atoms. The summed E-state index contributed by atoms with van der Waals surface area (Å²) in [6.07, 6.45) is 2.96. The highest BCUT2D eigenvalue weighted by Gasteiger charge is 2.11. The Morgan fingerprint density at radius 3 is 1.65 bits per heavy atom. The molecule has 0 aliphatic carbocycles. The molecular weight excluding hydrogens is 282 g/mol. The number of nitrogens with zero attached hydrogens (tertiary/aromatic N) is 3. The van der Waals surface area contributed by atoms with Crippen LogP contribution in [0.1, 0.15) is 26.1 Å². The third-order valence-electron chi connectivity index (χ3n) is 3.72. The Kier molecular flexibility index (Phi) is 4.57. The topological polar surface area (TPSA) is 38.7 Å². The summed E-state index contributed by atoms with van der Waals surface area (Å²) < 4.78 is 0. The van der Waals surface area contributed by atoms with E-state index in [2.05, 4.69) is 28.0 Å². The Hall–Kier alpha value is -2.81. The van der Waals surface area contributed by atoms with Crippen molar-refractivity contribution in [2.45, 2.75) is 20.3 Å². The van der Waals surface area contributed by atoms with Crippen LogP contribution < -0.4 is 0 Å². The average molecular weight is 301 g/mol. The minimum atomic E-state index is 0.710. The molecule has 0 saturated carbocycles. The minimum Gasteiger partial charge on any atom is -0.209 e. The van der Waals surface area contributed by atoms with Crippen molar-refractivity contribution in [2.24, 2.45) is 0 Å². The van der Waals surface area contributed by atoms with Crippen molar-refractivity contribution in [3.8, 4) is 22.8 Å². The zero-order valence-electron chi connectivity index (χ0n) is 13.4. The van der Waals surface area contributed by atoms with E-state index in [1.807, 2.05) is 67.6 Å². The molecule has 2 aromatic carbocycles. The van der Waals surface area contributed by atoms with Crippen molar-refractivity contribution in [1.29, 1.82) is 0 Å². The quantitative estimate of drug-likeness (QED) is 0.679. The average Bonchev–Trinajstić information content (AvgIpc) is 2.64. The van der Waals surface area contributed by atoms with Gasteiger partial charge in [-0.1, -0.05) is 73.7 Å². The van der Waals surface area contributed by atoms with E-state index < -0.39 is 0 Å². The Morgan fingerprint density at radius 2 is 1.26 bits per heavy atom. The van der Waals surface area contributed by atoms with Crippen molar-refractivity contribution < 1.29 is 0 Å². The molecule has 0 radical (unpaired) electrons. The first-order valence-corrected chi connectivity index (χ1v) is 7.84. The fraction of sp³-hybridized carbons (Fsp3) is 0.150. The second-order valence-corrected chi connectivity index (χ2v) is 5.21. The van der Waals surface area contributed by atoms with E-state index in [0.717, 1.165) is 28.9 Å². The van der Waals surface area contributed by atoms with Crippen LogP contribution in [0.5, 0.6) is 0 Å². The Morgan fingerprint density at radius 1 is 0.783 bits per heavy atom. The zero-order chi connectivity index (χ0) is 16.1. The van der Waals surface area contributed by atoms with Gasteiger partial charge in [0, 0.05) is 11.1 Å². The summed E-state index contributed by atoms with van der Waals surface area (Å²) in [5, 5.41) is 0. The van der Waals surface area contributed by atoms with Crippen LogP contribution >= 0.6 is 0 Å². The van der Waals surface area contributed by atoms with E-state index in [-0.39, 0.29) is 0 Å². The smallest absolute Gasteiger partial charge is 0.164 e. The largest absolute Gasteiger partial charge is 0.209 e. The highest BCUT2D eigenvalue weighted by Crippen LogP contribution is 2.23. The molecule has 3 rings (SSSR count). The third-order valence-corrected chi connectivity index (χ3v) is 3.72. The number of hydrogen-bond donors (Lipinski definition) is 0. The van der Waals surface area contributed by atoms with Gasteiger partial charge in [-0.3, -0.25) is 0 Å². The van der Waals surface area contributed by atoms with Gasteiger partial charge in [0.15, 0.2) is 17.5 Å². The molecule has 0 saturated heterocycles. The summed E-state index contributed by atoms with van der Waals surface area (Å²) in [6, 6.07) is 20.1. The summed E-state index contributed by atoms with van der Waals surface area (Å²) in [5.41, 5.74) is 3.13. The predicted octanol–water partition coefficient (Wildman–Crippen LogP) is 5.02. The summed E-state index contributed by atoms with van der Waals surface area (Å²) in [4.78, 5) is 14.0. The molecule has 114 valence electrons. The molecule has 1 aromatic heterocycles. The highest BCUT2D eigenvalue weighted by atomic mass is 15.0. The molecule has 0 bridgehead atoms. The van der Waals surface area contributed by atoms with Crippen LogP contribution in [-0.2, 0) is 0 Å². The van der Waals surface area contributed by atoms with E-state index in [9.17, 15) is 0 Å². The van der Waals surface area contributed by atoms with Crippen LogP contribution in [0, 0.1) is 0 Å². The van der Waals surface area contributed by atoms with E-state index in [0.29, 0.717) is 11.6 Å². The zero-order valence-corrected chi connectivity index (χ0v) is 13.4. The lowest BCUT2D eigenvalue weighted by Crippen LogP contribution is -2.02. The summed E-state index contributed by atoms with van der Waals surface area (Å²) >= 11 is 0. The summed E-state index contributed by atoms with van der Waals surface area (Å²) in [7, 11) is 0. The molecule has 3 aromatic rings. The standard InChI is InChI=1S/C20H19N3/c1-3-15(4-2)18-21-19(16-11-7-5-8-12-16)23-20(22-18)17-13-9-6-10-14-17/h3,5-14H,4H2,1-2H3/b15-3+. The Bertz CT molecular complexity index is 751.